The molecule has 0 aliphatic carbocycles. The van der Waals surface area contributed by atoms with Gasteiger partial charge in [0.1, 0.15) is 12.7 Å². The zero-order chi connectivity index (χ0) is 44.2. The molecular weight excluding hydrogens is 783 g/mol. The highest BCUT2D eigenvalue weighted by atomic mass is 31.2. The van der Waals surface area contributed by atoms with Crippen LogP contribution in [-0.2, 0) is 32.7 Å². The fourth-order valence-corrected chi connectivity index (χ4v) is 5.83. The summed E-state index contributed by atoms with van der Waals surface area (Å²) in [5.41, 5.74) is 0. The topological polar surface area (TPSA) is 169 Å². The quantitative estimate of drug-likeness (QED) is 0.0201. The predicted octanol–water partition coefficient (Wildman–Crippen LogP) is 10.7. The van der Waals surface area contributed by atoms with Crippen LogP contribution in [0.1, 0.15) is 136 Å². The highest BCUT2D eigenvalue weighted by Gasteiger charge is 2.27. The van der Waals surface area contributed by atoms with Gasteiger partial charge < -0.3 is 29.7 Å². The molecule has 340 valence electrons. The number of esters is 2. The molecule has 1 unspecified atom stereocenters. The molecule has 0 aliphatic rings. The number of ether oxygens (including phenoxy) is 2. The standard InChI is InChI=1S/C48H77O11P/c1-3-5-7-8-9-10-11-12-13-14-15-16-17-18-23-26-29-32-35-39-48(53)59-46(43-58-60(54,55)57-41-45(51)40-49)42-56-47(52)38-34-31-28-25-22-20-19-21-24-27-30-33-37-44(50)36-6-4-2/h9-10,12-13,15-16,18-20,23-25,27-29,32-33,37,44-46,49-51H,3-8,11,14,17,21-22,26,30-31,34-36,38-43H2,1-2H3,(H,54,55)/b10-9-,13-12-,16-15-,20-19-,23-18-,27-24-,28-25-,32-29-,37-33-/t44-,45-,46+/m0/s1. The van der Waals surface area contributed by atoms with Crippen molar-refractivity contribution in [3.05, 3.63) is 109 Å². The molecule has 0 spiro atoms. The number of allylic oxidation sites excluding steroid dienone is 17. The lowest BCUT2D eigenvalue weighted by Crippen LogP contribution is -2.29. The Morgan fingerprint density at radius 1 is 0.550 bits per heavy atom. The lowest BCUT2D eigenvalue weighted by Gasteiger charge is -2.20. The smallest absolute Gasteiger partial charge is 0.462 e. The summed E-state index contributed by atoms with van der Waals surface area (Å²) in [6.07, 6.45) is 49.8. The van der Waals surface area contributed by atoms with Gasteiger partial charge in [0.2, 0.25) is 0 Å². The first kappa shape index (κ1) is 56.6. The molecule has 0 radical (unpaired) electrons. The van der Waals surface area contributed by atoms with Crippen LogP contribution in [0.25, 0.3) is 0 Å². The van der Waals surface area contributed by atoms with Crippen molar-refractivity contribution < 1.29 is 52.9 Å². The normalized spacial score (nSPS) is 15.4. The molecular formula is C48H77O11P. The van der Waals surface area contributed by atoms with E-state index in [1.165, 1.54) is 19.3 Å². The van der Waals surface area contributed by atoms with E-state index in [0.29, 0.717) is 25.7 Å². The Bertz CT molecular complexity index is 1380. The fraction of sp³-hybridized carbons (Fsp3) is 0.583. The SMILES string of the molecule is CCCCC/C=C\C/C=C\C/C=C\C/C=C\C/C=C\CCC(=O)O[C@H](COC(=O)CCC/C=C\C/C=C\C/C=C\C/C=C\[C@@H](O)CCCC)COP(=O)(O)OC[C@@H](O)CO. The third kappa shape index (κ3) is 41.3. The van der Waals surface area contributed by atoms with Crippen molar-refractivity contribution in [3.63, 3.8) is 0 Å². The van der Waals surface area contributed by atoms with Crippen LogP contribution in [0.3, 0.4) is 0 Å². The van der Waals surface area contributed by atoms with E-state index in [2.05, 4.69) is 91.3 Å². The minimum atomic E-state index is -4.67. The Morgan fingerprint density at radius 3 is 1.53 bits per heavy atom. The van der Waals surface area contributed by atoms with Crippen molar-refractivity contribution in [1.29, 1.82) is 0 Å². The van der Waals surface area contributed by atoms with Gasteiger partial charge in [0.25, 0.3) is 0 Å². The zero-order valence-electron chi connectivity index (χ0n) is 36.5. The minimum Gasteiger partial charge on any atom is -0.462 e. The van der Waals surface area contributed by atoms with Gasteiger partial charge in [-0.3, -0.25) is 18.6 Å². The van der Waals surface area contributed by atoms with E-state index in [1.54, 1.807) is 0 Å². The number of aliphatic hydroxyl groups is 3. The first-order valence-electron chi connectivity index (χ1n) is 21.9. The summed E-state index contributed by atoms with van der Waals surface area (Å²) < 4.78 is 32.5. The summed E-state index contributed by atoms with van der Waals surface area (Å²) in [4.78, 5) is 34.9. The molecule has 0 aromatic heterocycles. The second kappa shape index (κ2) is 42.3. The van der Waals surface area contributed by atoms with E-state index in [0.717, 1.165) is 64.2 Å². The van der Waals surface area contributed by atoms with Crippen LogP contribution in [-0.4, -0.2) is 76.9 Å². The average molecular weight is 861 g/mol. The number of unbranched alkanes of at least 4 members (excludes halogenated alkanes) is 5. The molecule has 0 fully saturated rings. The van der Waals surface area contributed by atoms with Crippen LogP contribution in [0.2, 0.25) is 0 Å². The minimum absolute atomic E-state index is 0.0341. The van der Waals surface area contributed by atoms with Crippen molar-refractivity contribution in [1.82, 2.24) is 0 Å². The van der Waals surface area contributed by atoms with E-state index in [4.69, 9.17) is 19.1 Å². The molecule has 0 saturated heterocycles. The number of aliphatic hydroxyl groups excluding tert-OH is 3. The van der Waals surface area contributed by atoms with Gasteiger partial charge >= 0.3 is 19.8 Å². The molecule has 0 rings (SSSR count). The van der Waals surface area contributed by atoms with Gasteiger partial charge in [0, 0.05) is 12.8 Å². The van der Waals surface area contributed by atoms with Crippen LogP contribution in [0.4, 0.5) is 0 Å². The Balaban J connectivity index is 4.56. The first-order valence-corrected chi connectivity index (χ1v) is 23.4. The van der Waals surface area contributed by atoms with E-state index in [-0.39, 0.29) is 18.9 Å². The van der Waals surface area contributed by atoms with Gasteiger partial charge in [0.15, 0.2) is 6.10 Å². The fourth-order valence-electron chi connectivity index (χ4n) is 5.04. The lowest BCUT2D eigenvalue weighted by atomic mass is 10.1. The van der Waals surface area contributed by atoms with Gasteiger partial charge in [-0.25, -0.2) is 4.57 Å². The van der Waals surface area contributed by atoms with E-state index >= 15 is 0 Å². The van der Waals surface area contributed by atoms with Crippen LogP contribution in [0.5, 0.6) is 0 Å². The van der Waals surface area contributed by atoms with Crippen LogP contribution in [0.15, 0.2) is 109 Å². The summed E-state index contributed by atoms with van der Waals surface area (Å²) >= 11 is 0. The predicted molar refractivity (Wildman–Crippen MR) is 243 cm³/mol. The van der Waals surface area contributed by atoms with Gasteiger partial charge in [0.05, 0.1) is 25.9 Å². The number of hydrogen-bond donors (Lipinski definition) is 4. The van der Waals surface area contributed by atoms with E-state index in [1.807, 2.05) is 36.5 Å². The Labute approximate surface area is 361 Å². The molecule has 0 aromatic rings. The summed E-state index contributed by atoms with van der Waals surface area (Å²) in [6.45, 7) is 2.01. The second-order valence-corrected chi connectivity index (χ2v) is 15.6. The summed E-state index contributed by atoms with van der Waals surface area (Å²) in [7, 11) is -4.67. The molecule has 0 aliphatic heterocycles. The molecule has 0 heterocycles. The van der Waals surface area contributed by atoms with Crippen molar-refractivity contribution in [2.75, 3.05) is 26.4 Å². The molecule has 12 heteroatoms. The molecule has 11 nitrogen and oxygen atoms in total. The summed E-state index contributed by atoms with van der Waals surface area (Å²) in [6, 6.07) is 0. The van der Waals surface area contributed by atoms with Gasteiger partial charge in [-0.15, -0.1) is 0 Å². The number of hydrogen-bond acceptors (Lipinski definition) is 10. The Hall–Kier alpha value is -3.41. The van der Waals surface area contributed by atoms with Crippen molar-refractivity contribution in [2.24, 2.45) is 0 Å². The number of carbonyl (C=O) groups excluding carboxylic acids is 2. The Morgan fingerprint density at radius 2 is 1.02 bits per heavy atom. The molecule has 4 atom stereocenters. The van der Waals surface area contributed by atoms with Crippen molar-refractivity contribution >= 4 is 19.8 Å². The van der Waals surface area contributed by atoms with E-state index in [9.17, 15) is 29.3 Å². The number of phosphoric acid groups is 1. The lowest BCUT2D eigenvalue weighted by molar-refractivity contribution is -0.161. The highest BCUT2D eigenvalue weighted by molar-refractivity contribution is 7.47. The van der Waals surface area contributed by atoms with Gasteiger partial charge in [-0.2, -0.15) is 0 Å². The molecule has 60 heavy (non-hydrogen) atoms. The largest absolute Gasteiger partial charge is 0.472 e. The van der Waals surface area contributed by atoms with Crippen molar-refractivity contribution in [2.45, 2.75) is 154 Å². The van der Waals surface area contributed by atoms with Crippen LogP contribution >= 0.6 is 7.82 Å². The maximum absolute atomic E-state index is 12.6. The summed E-state index contributed by atoms with van der Waals surface area (Å²) in [5.74, 6) is -1.12. The monoisotopic (exact) mass is 861 g/mol. The average Bonchev–Trinajstić information content (AvgIpc) is 3.23. The van der Waals surface area contributed by atoms with Crippen LogP contribution in [0, 0.1) is 0 Å². The Kier molecular flexibility index (Phi) is 39.9. The van der Waals surface area contributed by atoms with Crippen molar-refractivity contribution in [3.8, 4) is 0 Å². The maximum atomic E-state index is 12.6. The molecule has 4 N–H and O–H groups in total. The van der Waals surface area contributed by atoms with E-state index < -0.39 is 58.4 Å². The second-order valence-electron chi connectivity index (χ2n) is 14.2. The molecule has 0 bridgehead atoms. The van der Waals surface area contributed by atoms with Crippen LogP contribution < -0.4 is 0 Å². The molecule has 0 saturated carbocycles. The third-order valence-corrected chi connectivity index (χ3v) is 9.43. The number of carbonyl (C=O) groups is 2. The molecule has 0 aromatic carbocycles. The van der Waals surface area contributed by atoms with Gasteiger partial charge in [-0.05, 0) is 83.5 Å². The number of phosphoric ester groups is 1. The number of rotatable bonds is 39. The van der Waals surface area contributed by atoms with Gasteiger partial charge in [-0.1, -0.05) is 149 Å². The summed E-state index contributed by atoms with van der Waals surface area (Å²) in [5, 5.41) is 28.1. The molecule has 0 amide bonds. The highest BCUT2D eigenvalue weighted by Crippen LogP contribution is 2.43. The first-order chi connectivity index (χ1) is 29.1. The maximum Gasteiger partial charge on any atom is 0.472 e. The zero-order valence-corrected chi connectivity index (χ0v) is 37.4. The third-order valence-electron chi connectivity index (χ3n) is 8.48.